The fourth-order valence-electron chi connectivity index (χ4n) is 4.69. The maximum Gasteiger partial charge on any atom is 0.297 e. The molecule has 1 aliphatic rings. The molecule has 3 aromatic carbocycles. The maximum atomic E-state index is 13.6. The summed E-state index contributed by atoms with van der Waals surface area (Å²) < 4.78 is 15.7. The van der Waals surface area contributed by atoms with Gasteiger partial charge in [-0.3, -0.25) is 19.6 Å². The molecule has 12 heteroatoms. The average Bonchev–Trinajstić information content (AvgIpc) is 3.66. The first-order chi connectivity index (χ1) is 20.2. The molecular formula is C30H26N6O5S. The Balaban J connectivity index is 1.55. The van der Waals surface area contributed by atoms with Crippen molar-refractivity contribution in [1.82, 2.24) is 14.0 Å². The van der Waals surface area contributed by atoms with E-state index in [9.17, 15) is 14.9 Å². The number of hydrogen-bond donors (Lipinski definition) is 0. The van der Waals surface area contributed by atoms with Crippen molar-refractivity contribution in [1.29, 1.82) is 0 Å². The van der Waals surface area contributed by atoms with Gasteiger partial charge in [-0.05, 0) is 56.2 Å². The predicted molar refractivity (Wildman–Crippen MR) is 160 cm³/mol. The maximum absolute atomic E-state index is 13.6. The first-order valence-electron chi connectivity index (χ1n) is 13.0. The number of nitro groups is 1. The van der Waals surface area contributed by atoms with E-state index in [0.29, 0.717) is 22.0 Å². The van der Waals surface area contributed by atoms with Crippen LogP contribution in [-0.4, -0.2) is 32.0 Å². The summed E-state index contributed by atoms with van der Waals surface area (Å²) in [5.41, 5.74) is 5.31. The second-order valence-electron chi connectivity index (χ2n) is 9.80. The molecule has 2 aromatic heterocycles. The van der Waals surface area contributed by atoms with Crippen LogP contribution in [0.1, 0.15) is 22.4 Å². The highest BCUT2D eigenvalue weighted by Crippen LogP contribution is 2.37. The Morgan fingerprint density at radius 2 is 1.74 bits per heavy atom. The molecule has 3 heterocycles. The summed E-state index contributed by atoms with van der Waals surface area (Å²) in [4.78, 5) is 30.2. The van der Waals surface area contributed by atoms with Crippen molar-refractivity contribution in [3.8, 4) is 28.4 Å². The quantitative estimate of drug-likeness (QED) is 0.151. The van der Waals surface area contributed by atoms with Crippen LogP contribution >= 0.6 is 11.3 Å². The summed E-state index contributed by atoms with van der Waals surface area (Å²) in [5, 5.41) is 18.4. The van der Waals surface area contributed by atoms with Crippen molar-refractivity contribution in [3.05, 3.63) is 114 Å². The van der Waals surface area contributed by atoms with Crippen molar-refractivity contribution in [3.63, 3.8) is 0 Å². The summed E-state index contributed by atoms with van der Waals surface area (Å²) in [7, 11) is 1.81. The summed E-state index contributed by atoms with van der Waals surface area (Å²) in [6.07, 6.45) is 1.40. The van der Waals surface area contributed by atoms with Gasteiger partial charge in [0, 0.05) is 18.0 Å². The van der Waals surface area contributed by atoms with E-state index in [-0.39, 0.29) is 29.3 Å². The lowest BCUT2D eigenvalue weighted by Gasteiger charge is -2.07. The predicted octanol–water partition coefficient (Wildman–Crippen LogP) is 5.38. The molecule has 5 aromatic rings. The van der Waals surface area contributed by atoms with Gasteiger partial charge in [0.15, 0.2) is 17.2 Å². The molecule has 0 bridgehead atoms. The molecule has 0 saturated carbocycles. The summed E-state index contributed by atoms with van der Waals surface area (Å²) in [6.45, 7) is 5.89. The highest BCUT2D eigenvalue weighted by atomic mass is 32.1. The van der Waals surface area contributed by atoms with Gasteiger partial charge in [0.25, 0.3) is 11.2 Å². The van der Waals surface area contributed by atoms with E-state index < -0.39 is 4.92 Å². The minimum atomic E-state index is -0.490. The number of fused-ring (bicyclic) bond motifs is 1. The Kier molecular flexibility index (Phi) is 6.83. The van der Waals surface area contributed by atoms with E-state index in [4.69, 9.17) is 14.5 Å². The van der Waals surface area contributed by atoms with Crippen LogP contribution < -0.4 is 19.8 Å². The molecule has 0 N–H and O–H groups in total. The Morgan fingerprint density at radius 3 is 2.45 bits per heavy atom. The highest BCUT2D eigenvalue weighted by Gasteiger charge is 2.23. The third kappa shape index (κ3) is 4.71. The minimum Gasteiger partial charge on any atom is -0.454 e. The monoisotopic (exact) mass is 582 g/mol. The van der Waals surface area contributed by atoms with E-state index in [1.54, 1.807) is 14.0 Å². The van der Waals surface area contributed by atoms with E-state index in [1.165, 1.54) is 29.7 Å². The van der Waals surface area contributed by atoms with Crippen molar-refractivity contribution in [2.75, 3.05) is 6.79 Å². The molecule has 0 radical (unpaired) electrons. The Labute approximate surface area is 244 Å². The average molecular weight is 583 g/mol. The van der Waals surface area contributed by atoms with Gasteiger partial charge in [0.2, 0.25) is 11.6 Å². The van der Waals surface area contributed by atoms with Gasteiger partial charge >= 0.3 is 0 Å². The number of hydrogen-bond acceptors (Lipinski definition) is 8. The molecule has 0 fully saturated rings. The van der Waals surface area contributed by atoms with E-state index in [0.717, 1.165) is 28.1 Å². The molecule has 0 amide bonds. The van der Waals surface area contributed by atoms with Crippen molar-refractivity contribution in [2.24, 2.45) is 17.1 Å². The second kappa shape index (κ2) is 10.6. The molecule has 0 aliphatic carbocycles. The Hall–Kier alpha value is -5.23. The lowest BCUT2D eigenvalue weighted by atomic mass is 10.1. The third-order valence-corrected chi connectivity index (χ3v) is 8.07. The zero-order valence-corrected chi connectivity index (χ0v) is 24.1. The molecule has 212 valence electrons. The number of thiazole rings is 1. The summed E-state index contributed by atoms with van der Waals surface area (Å²) in [5.74, 6) is 0.709. The Morgan fingerprint density at radius 1 is 1.00 bits per heavy atom. The van der Waals surface area contributed by atoms with Gasteiger partial charge in [-0.2, -0.15) is 5.10 Å². The van der Waals surface area contributed by atoms with Crippen LogP contribution in [0.25, 0.3) is 16.9 Å². The number of ether oxygens (including phenoxy) is 2. The summed E-state index contributed by atoms with van der Waals surface area (Å²) in [6, 6.07) is 18.3. The SMILES string of the molecule is Cc1ccc(-c2csc(=Nc3c(C)n(C)n(-c4ccccc4)c3=O)n2N=Cc2cc3c(cc2[N+](=O)[O-])OCO3)cc1C. The molecule has 0 unspecified atom stereocenters. The van der Waals surface area contributed by atoms with Crippen LogP contribution in [-0.2, 0) is 7.05 Å². The number of nitrogens with zero attached hydrogens (tertiary/aromatic N) is 6. The molecule has 0 spiro atoms. The van der Waals surface area contributed by atoms with Gasteiger partial charge in [0.1, 0.15) is 0 Å². The molecule has 6 rings (SSSR count). The summed E-state index contributed by atoms with van der Waals surface area (Å²) >= 11 is 1.32. The fraction of sp³-hybridized carbons (Fsp3) is 0.167. The van der Waals surface area contributed by atoms with Crippen molar-refractivity contribution >= 4 is 28.9 Å². The standard InChI is InChI=1S/C30H26N6O5S/c1-18-10-11-21(12-19(18)2)25-16-42-30(32-28-20(3)33(4)35(29(28)37)23-8-6-5-7-9-23)34(25)31-15-22-13-26-27(41-17-40-26)14-24(22)36(38)39/h5-16H,17H2,1-4H3. The molecule has 42 heavy (non-hydrogen) atoms. The Bertz CT molecular complexity index is 2020. The number of nitro benzene ring substituents is 1. The number of rotatable bonds is 6. The number of benzene rings is 3. The smallest absolute Gasteiger partial charge is 0.297 e. The first kappa shape index (κ1) is 27.0. The number of aromatic nitrogens is 3. The number of para-hydroxylation sites is 1. The third-order valence-electron chi connectivity index (χ3n) is 7.25. The van der Waals surface area contributed by atoms with Crippen molar-refractivity contribution < 1.29 is 14.4 Å². The van der Waals surface area contributed by atoms with Crippen LogP contribution in [0, 0.1) is 30.9 Å². The van der Waals surface area contributed by atoms with Crippen LogP contribution in [0.3, 0.4) is 0 Å². The molecule has 11 nitrogen and oxygen atoms in total. The largest absolute Gasteiger partial charge is 0.454 e. The van der Waals surface area contributed by atoms with Gasteiger partial charge < -0.3 is 9.47 Å². The van der Waals surface area contributed by atoms with Gasteiger partial charge in [-0.1, -0.05) is 30.3 Å². The van der Waals surface area contributed by atoms with E-state index in [2.05, 4.69) is 5.10 Å². The van der Waals surface area contributed by atoms with E-state index in [1.807, 2.05) is 81.7 Å². The zero-order valence-electron chi connectivity index (χ0n) is 23.3. The molecule has 1 aliphatic heterocycles. The minimum absolute atomic E-state index is 0.0107. The topological polar surface area (TPSA) is 118 Å². The van der Waals surface area contributed by atoms with E-state index >= 15 is 0 Å². The lowest BCUT2D eigenvalue weighted by Crippen LogP contribution is -2.19. The molecule has 0 saturated heterocycles. The second-order valence-corrected chi connectivity index (χ2v) is 10.6. The molecular weight excluding hydrogens is 556 g/mol. The van der Waals surface area contributed by atoms with Crippen LogP contribution in [0.4, 0.5) is 11.4 Å². The fourth-order valence-corrected chi connectivity index (χ4v) is 5.54. The van der Waals surface area contributed by atoms with Crippen LogP contribution in [0.5, 0.6) is 11.5 Å². The number of aryl methyl sites for hydroxylation is 2. The van der Waals surface area contributed by atoms with Crippen molar-refractivity contribution in [2.45, 2.75) is 20.8 Å². The normalized spacial score (nSPS) is 12.9. The lowest BCUT2D eigenvalue weighted by molar-refractivity contribution is -0.385. The van der Waals surface area contributed by atoms with Gasteiger partial charge in [-0.15, -0.1) is 11.3 Å². The van der Waals surface area contributed by atoms with Gasteiger partial charge in [-0.25, -0.2) is 14.4 Å². The first-order valence-corrected chi connectivity index (χ1v) is 13.9. The molecule has 0 atom stereocenters. The van der Waals surface area contributed by atoms with Crippen LogP contribution in [0.2, 0.25) is 0 Å². The zero-order chi connectivity index (χ0) is 29.5. The van der Waals surface area contributed by atoms with Gasteiger partial charge in [0.05, 0.1) is 39.8 Å². The van der Waals surface area contributed by atoms with Crippen LogP contribution in [0.15, 0.2) is 80.9 Å². The highest BCUT2D eigenvalue weighted by molar-refractivity contribution is 7.07.